The molecule has 4 heteroatoms. The van der Waals surface area contributed by atoms with Gasteiger partial charge in [-0.05, 0) is 112 Å². The van der Waals surface area contributed by atoms with Crippen LogP contribution in [0.3, 0.4) is 0 Å². The molecular formula is C32H50O4. The number of hydrogen-bond donors (Lipinski definition) is 1. The molecule has 2 bridgehead atoms. The van der Waals surface area contributed by atoms with E-state index in [1.165, 1.54) is 31.3 Å². The number of hydrogen-bond acceptors (Lipinski definition) is 4. The van der Waals surface area contributed by atoms with Gasteiger partial charge in [0.15, 0.2) is 5.79 Å². The number of ether oxygens (including phenoxy) is 2. The average molecular weight is 499 g/mol. The van der Waals surface area contributed by atoms with Gasteiger partial charge in [0.2, 0.25) is 0 Å². The van der Waals surface area contributed by atoms with E-state index in [1.54, 1.807) is 0 Å². The fourth-order valence-corrected chi connectivity index (χ4v) is 12.2. The molecule has 0 radical (unpaired) electrons. The highest BCUT2D eigenvalue weighted by Crippen LogP contribution is 2.79. The molecule has 2 heterocycles. The van der Waals surface area contributed by atoms with Gasteiger partial charge in [0, 0.05) is 17.3 Å². The Bertz CT molecular complexity index is 959. The third kappa shape index (κ3) is 2.72. The standard InChI is InChI=1S/C32H50O4/c1-8-35-26(33)30-14-11-21(20(2)3)25(30)22-9-10-24-29(7,28(22,6)15-16-30)13-12-23-27(4,5)32(34)18-17-31(23,24)19-36-32/h21-25,34H,2,8-19H2,1,3-7H3/t21-,22+,23-,24-,25+,28+,29+,30-,31+,32+/m0/s1. The van der Waals surface area contributed by atoms with Gasteiger partial charge in [-0.3, -0.25) is 4.79 Å². The zero-order valence-corrected chi connectivity index (χ0v) is 23.8. The average Bonchev–Trinajstić information content (AvgIpc) is 3.22. The topological polar surface area (TPSA) is 55.8 Å². The van der Waals surface area contributed by atoms with E-state index in [4.69, 9.17) is 9.47 Å². The zero-order chi connectivity index (χ0) is 25.9. The lowest BCUT2D eigenvalue weighted by Crippen LogP contribution is -2.74. The Labute approximate surface area is 219 Å². The van der Waals surface area contributed by atoms with Crippen LogP contribution in [0.2, 0.25) is 0 Å². The summed E-state index contributed by atoms with van der Waals surface area (Å²) in [5.41, 5.74) is 1.34. The summed E-state index contributed by atoms with van der Waals surface area (Å²) in [6, 6.07) is 0. The highest BCUT2D eigenvalue weighted by Gasteiger charge is 2.75. The third-order valence-electron chi connectivity index (χ3n) is 14.2. The van der Waals surface area contributed by atoms with E-state index in [2.05, 4.69) is 41.2 Å². The van der Waals surface area contributed by atoms with Gasteiger partial charge in [-0.2, -0.15) is 0 Å². The Kier molecular flexibility index (Phi) is 5.38. The molecule has 2 saturated heterocycles. The van der Waals surface area contributed by atoms with Crippen LogP contribution in [0, 0.1) is 56.7 Å². The normalized spacial score (nSPS) is 54.6. The molecule has 0 aromatic carbocycles. The fraction of sp³-hybridized carbons (Fsp3) is 0.906. The van der Waals surface area contributed by atoms with E-state index >= 15 is 0 Å². The summed E-state index contributed by atoms with van der Waals surface area (Å²) in [7, 11) is 0. The largest absolute Gasteiger partial charge is 0.466 e. The summed E-state index contributed by atoms with van der Waals surface area (Å²) in [6.07, 6.45) is 10.9. The monoisotopic (exact) mass is 498 g/mol. The number of carbonyl (C=O) groups is 1. The van der Waals surface area contributed by atoms with E-state index in [9.17, 15) is 9.90 Å². The van der Waals surface area contributed by atoms with Crippen LogP contribution in [0.15, 0.2) is 12.2 Å². The molecule has 2 aliphatic heterocycles. The van der Waals surface area contributed by atoms with Gasteiger partial charge >= 0.3 is 5.97 Å². The maximum absolute atomic E-state index is 13.6. The van der Waals surface area contributed by atoms with Crippen LogP contribution in [-0.4, -0.2) is 30.1 Å². The van der Waals surface area contributed by atoms with Crippen LogP contribution in [0.25, 0.3) is 0 Å². The van der Waals surface area contributed by atoms with Crippen molar-refractivity contribution in [2.24, 2.45) is 56.7 Å². The Hall–Kier alpha value is -0.870. The molecular weight excluding hydrogens is 448 g/mol. The van der Waals surface area contributed by atoms with Crippen molar-refractivity contribution in [1.29, 1.82) is 0 Å². The molecule has 1 N–H and O–H groups in total. The summed E-state index contributed by atoms with van der Waals surface area (Å²) in [6.45, 7) is 19.5. The molecule has 0 amide bonds. The molecule has 0 aromatic rings. The summed E-state index contributed by atoms with van der Waals surface area (Å²) in [4.78, 5) is 13.6. The Balaban J connectivity index is 1.41. The minimum absolute atomic E-state index is 0.0735. The van der Waals surface area contributed by atoms with Gasteiger partial charge in [0.05, 0.1) is 18.6 Å². The second kappa shape index (κ2) is 7.62. The first kappa shape index (κ1) is 25.4. The van der Waals surface area contributed by atoms with Crippen LogP contribution in [-0.2, 0) is 14.3 Å². The van der Waals surface area contributed by atoms with Gasteiger partial charge < -0.3 is 14.6 Å². The quantitative estimate of drug-likeness (QED) is 0.339. The highest BCUT2D eigenvalue weighted by atomic mass is 16.6. The van der Waals surface area contributed by atoms with E-state index in [-0.39, 0.29) is 33.0 Å². The van der Waals surface area contributed by atoms with Crippen molar-refractivity contribution in [3.63, 3.8) is 0 Å². The first-order valence-electron chi connectivity index (χ1n) is 15.0. The fourth-order valence-electron chi connectivity index (χ4n) is 12.2. The number of rotatable bonds is 3. The van der Waals surface area contributed by atoms with E-state index < -0.39 is 5.79 Å². The zero-order valence-electron chi connectivity index (χ0n) is 23.8. The number of fused-ring (bicyclic) bond motifs is 7. The lowest BCUT2D eigenvalue weighted by molar-refractivity contribution is -0.400. The lowest BCUT2D eigenvalue weighted by Gasteiger charge is -2.75. The van der Waals surface area contributed by atoms with Crippen LogP contribution in [0.4, 0.5) is 0 Å². The molecule has 0 unspecified atom stereocenters. The molecule has 36 heavy (non-hydrogen) atoms. The van der Waals surface area contributed by atoms with Crippen molar-refractivity contribution in [3.05, 3.63) is 12.2 Å². The van der Waals surface area contributed by atoms with Crippen molar-refractivity contribution in [1.82, 2.24) is 0 Å². The Morgan fingerprint density at radius 3 is 2.33 bits per heavy atom. The van der Waals surface area contributed by atoms with Crippen molar-refractivity contribution < 1.29 is 19.4 Å². The van der Waals surface area contributed by atoms with Gasteiger partial charge in [-0.25, -0.2) is 0 Å². The molecule has 0 aromatic heterocycles. The SMILES string of the molecule is C=C(C)[C@@H]1CC[C@]2(C(=O)OCC)CC[C@]3(C)[C@H](CC[C@@H]4[C@]56CC[C@@](O)(OC5)C(C)(C)[C@@H]6CC[C@]43C)[C@@H]12. The summed E-state index contributed by atoms with van der Waals surface area (Å²) < 4.78 is 12.2. The Morgan fingerprint density at radius 1 is 0.944 bits per heavy atom. The third-order valence-corrected chi connectivity index (χ3v) is 14.2. The molecule has 7 aliphatic rings. The first-order valence-corrected chi connectivity index (χ1v) is 15.0. The van der Waals surface area contributed by atoms with Crippen LogP contribution in [0.5, 0.6) is 0 Å². The van der Waals surface area contributed by atoms with Crippen LogP contribution < -0.4 is 0 Å². The smallest absolute Gasteiger partial charge is 0.312 e. The Morgan fingerprint density at radius 2 is 1.69 bits per heavy atom. The van der Waals surface area contributed by atoms with E-state index in [1.807, 2.05) is 6.92 Å². The van der Waals surface area contributed by atoms with Crippen molar-refractivity contribution in [3.8, 4) is 0 Å². The van der Waals surface area contributed by atoms with Gasteiger partial charge in [0.1, 0.15) is 0 Å². The van der Waals surface area contributed by atoms with E-state index in [0.29, 0.717) is 36.2 Å². The molecule has 5 aliphatic carbocycles. The van der Waals surface area contributed by atoms with E-state index in [0.717, 1.165) is 45.1 Å². The van der Waals surface area contributed by atoms with Crippen LogP contribution >= 0.6 is 0 Å². The second-order valence-electron chi connectivity index (χ2n) is 15.1. The number of aliphatic hydroxyl groups is 1. The molecule has 4 nitrogen and oxygen atoms in total. The van der Waals surface area contributed by atoms with Gasteiger partial charge in [-0.1, -0.05) is 39.8 Å². The molecule has 1 spiro atoms. The van der Waals surface area contributed by atoms with Gasteiger partial charge in [-0.15, -0.1) is 0 Å². The number of allylic oxidation sites excluding steroid dienone is 1. The maximum Gasteiger partial charge on any atom is 0.312 e. The molecule has 10 atom stereocenters. The molecule has 5 saturated carbocycles. The highest BCUT2D eigenvalue weighted by molar-refractivity contribution is 5.78. The summed E-state index contributed by atoms with van der Waals surface area (Å²) in [5, 5.41) is 11.4. The molecule has 202 valence electrons. The predicted octanol–water partition coefficient (Wildman–Crippen LogP) is 6.91. The molecule has 7 fully saturated rings. The number of esters is 1. The lowest BCUT2D eigenvalue weighted by atomic mass is 9.31. The summed E-state index contributed by atoms with van der Waals surface area (Å²) in [5.74, 6) is 1.57. The molecule has 7 rings (SSSR count). The minimum atomic E-state index is -0.961. The summed E-state index contributed by atoms with van der Waals surface area (Å²) >= 11 is 0. The van der Waals surface area contributed by atoms with Crippen LogP contribution in [0.1, 0.15) is 106 Å². The van der Waals surface area contributed by atoms with Gasteiger partial charge in [0.25, 0.3) is 0 Å². The number of carbonyl (C=O) groups excluding carboxylic acids is 1. The maximum atomic E-state index is 13.6. The van der Waals surface area contributed by atoms with Crippen molar-refractivity contribution >= 4 is 5.97 Å². The first-order chi connectivity index (χ1) is 16.8. The minimum Gasteiger partial charge on any atom is -0.466 e. The predicted molar refractivity (Wildman–Crippen MR) is 141 cm³/mol. The van der Waals surface area contributed by atoms with Crippen molar-refractivity contribution in [2.75, 3.05) is 13.2 Å². The van der Waals surface area contributed by atoms with Crippen molar-refractivity contribution in [2.45, 2.75) is 112 Å². The second-order valence-corrected chi connectivity index (χ2v) is 15.1.